The van der Waals surface area contributed by atoms with Crippen molar-refractivity contribution in [1.29, 1.82) is 0 Å². The minimum absolute atomic E-state index is 0.458. The van der Waals surface area contributed by atoms with E-state index in [9.17, 15) is 9.59 Å². The van der Waals surface area contributed by atoms with Crippen molar-refractivity contribution < 1.29 is 24.2 Å². The van der Waals surface area contributed by atoms with Crippen LogP contribution in [0, 0.1) is 5.92 Å². The molecule has 102 valence electrons. The van der Waals surface area contributed by atoms with Gasteiger partial charge in [0.1, 0.15) is 19.1 Å². The summed E-state index contributed by atoms with van der Waals surface area (Å²) < 4.78 is 10.8. The normalized spacial score (nSPS) is 14.6. The van der Waals surface area contributed by atoms with E-state index in [1.54, 1.807) is 18.2 Å². The highest BCUT2D eigenvalue weighted by Crippen LogP contribution is 2.33. The third kappa shape index (κ3) is 2.62. The molecule has 0 bridgehead atoms. The van der Waals surface area contributed by atoms with Crippen LogP contribution in [0.25, 0.3) is 0 Å². The second-order valence-corrected chi connectivity index (χ2v) is 4.29. The summed E-state index contributed by atoms with van der Waals surface area (Å²) in [6, 6.07) is 5.07. The molecule has 0 saturated carbocycles. The Labute approximate surface area is 110 Å². The first-order valence-corrected chi connectivity index (χ1v) is 5.90. The van der Waals surface area contributed by atoms with Gasteiger partial charge in [-0.2, -0.15) is 0 Å². The number of carboxylic acid groups (broad SMARTS) is 1. The lowest BCUT2D eigenvalue weighted by Crippen LogP contribution is -2.35. The van der Waals surface area contributed by atoms with Crippen LogP contribution in [0.15, 0.2) is 18.2 Å². The fourth-order valence-corrected chi connectivity index (χ4v) is 1.76. The summed E-state index contributed by atoms with van der Waals surface area (Å²) in [4.78, 5) is 24.0. The number of carbonyl (C=O) groups excluding carboxylic acids is 1. The van der Waals surface area contributed by atoms with Crippen molar-refractivity contribution in [2.45, 2.75) is 6.92 Å². The van der Waals surface area contributed by atoms with E-state index in [0.29, 0.717) is 30.4 Å². The van der Waals surface area contributed by atoms with Crippen LogP contribution in [0.3, 0.4) is 0 Å². The topological polar surface area (TPSA) is 76.1 Å². The van der Waals surface area contributed by atoms with Gasteiger partial charge in [-0.3, -0.25) is 9.59 Å². The third-order valence-corrected chi connectivity index (χ3v) is 2.98. The van der Waals surface area contributed by atoms with Crippen molar-refractivity contribution in [3.8, 4) is 11.5 Å². The Morgan fingerprint density at radius 1 is 1.26 bits per heavy atom. The molecule has 0 fully saturated rings. The van der Waals surface area contributed by atoms with Gasteiger partial charge in [0.05, 0.1) is 0 Å². The molecule has 0 radical (unpaired) electrons. The molecule has 6 heteroatoms. The van der Waals surface area contributed by atoms with Crippen LogP contribution in [0.4, 0.5) is 5.69 Å². The number of hydrogen-bond donors (Lipinski definition) is 1. The summed E-state index contributed by atoms with van der Waals surface area (Å²) in [5.41, 5.74) is 0.572. The highest BCUT2D eigenvalue weighted by Gasteiger charge is 2.25. The number of nitrogens with zero attached hydrogens (tertiary/aromatic N) is 1. The molecule has 1 unspecified atom stereocenters. The molecule has 1 heterocycles. The minimum Gasteiger partial charge on any atom is -0.486 e. The fraction of sp³-hybridized carbons (Fsp3) is 0.385. The number of hydrogen-bond acceptors (Lipinski definition) is 4. The number of carboxylic acids is 1. The van der Waals surface area contributed by atoms with Gasteiger partial charge in [-0.1, -0.05) is 0 Å². The van der Waals surface area contributed by atoms with Crippen molar-refractivity contribution >= 4 is 17.6 Å². The zero-order chi connectivity index (χ0) is 14.0. The number of carbonyl (C=O) groups is 2. The van der Waals surface area contributed by atoms with Gasteiger partial charge in [-0.25, -0.2) is 0 Å². The lowest BCUT2D eigenvalue weighted by atomic mass is 10.1. The molecule has 1 N–H and O–H groups in total. The van der Waals surface area contributed by atoms with E-state index in [2.05, 4.69) is 0 Å². The summed E-state index contributed by atoms with van der Waals surface area (Å²) in [6.45, 7) is 2.32. The van der Waals surface area contributed by atoms with E-state index in [4.69, 9.17) is 14.6 Å². The number of fused-ring (bicyclic) bond motifs is 1. The van der Waals surface area contributed by atoms with E-state index in [1.807, 2.05) is 0 Å². The van der Waals surface area contributed by atoms with Crippen molar-refractivity contribution in [2.75, 3.05) is 25.2 Å². The van der Waals surface area contributed by atoms with Gasteiger partial charge in [-0.15, -0.1) is 0 Å². The van der Waals surface area contributed by atoms with Crippen molar-refractivity contribution in [3.63, 3.8) is 0 Å². The monoisotopic (exact) mass is 265 g/mol. The summed E-state index contributed by atoms with van der Waals surface area (Å²) in [5, 5.41) is 8.85. The van der Waals surface area contributed by atoms with E-state index in [-0.39, 0.29) is 0 Å². The average molecular weight is 265 g/mol. The Morgan fingerprint density at radius 3 is 2.53 bits per heavy atom. The van der Waals surface area contributed by atoms with Gasteiger partial charge in [0.25, 0.3) is 0 Å². The first kappa shape index (κ1) is 13.2. The Kier molecular flexibility index (Phi) is 3.59. The Bertz CT molecular complexity index is 514. The molecule has 0 saturated heterocycles. The first-order valence-electron chi connectivity index (χ1n) is 5.90. The van der Waals surface area contributed by atoms with Crippen LogP contribution in [0.5, 0.6) is 11.5 Å². The average Bonchev–Trinajstić information content (AvgIpc) is 2.44. The van der Waals surface area contributed by atoms with Crippen LogP contribution in [0.1, 0.15) is 6.92 Å². The van der Waals surface area contributed by atoms with Crippen molar-refractivity contribution in [1.82, 2.24) is 0 Å². The quantitative estimate of drug-likeness (QED) is 0.829. The molecule has 1 aromatic rings. The van der Waals surface area contributed by atoms with Crippen LogP contribution in [0.2, 0.25) is 0 Å². The molecule has 0 aliphatic carbocycles. The lowest BCUT2D eigenvalue weighted by molar-refractivity contribution is -0.145. The molecule has 19 heavy (non-hydrogen) atoms. The number of anilines is 1. The lowest BCUT2D eigenvalue weighted by Gasteiger charge is -2.23. The zero-order valence-corrected chi connectivity index (χ0v) is 10.8. The molecule has 1 aromatic carbocycles. The van der Waals surface area contributed by atoms with Crippen molar-refractivity contribution in [2.24, 2.45) is 5.92 Å². The first-order chi connectivity index (χ1) is 9.00. The van der Waals surface area contributed by atoms with Gasteiger partial charge >= 0.3 is 5.97 Å². The maximum atomic E-state index is 11.9. The second-order valence-electron chi connectivity index (χ2n) is 4.29. The SMILES string of the molecule is CC(C(=O)O)C(=O)N(C)c1ccc2c(c1)OCCO2. The Balaban J connectivity index is 2.22. The summed E-state index contributed by atoms with van der Waals surface area (Å²) in [6.07, 6.45) is 0. The smallest absolute Gasteiger partial charge is 0.315 e. The number of benzene rings is 1. The van der Waals surface area contributed by atoms with Gasteiger partial charge in [0.2, 0.25) is 5.91 Å². The van der Waals surface area contributed by atoms with Gasteiger partial charge in [-0.05, 0) is 19.1 Å². The van der Waals surface area contributed by atoms with Gasteiger partial charge < -0.3 is 19.5 Å². The zero-order valence-electron chi connectivity index (χ0n) is 10.8. The van der Waals surface area contributed by atoms with E-state index in [1.165, 1.54) is 18.9 Å². The molecule has 1 atom stereocenters. The highest BCUT2D eigenvalue weighted by molar-refractivity contribution is 6.05. The second kappa shape index (κ2) is 5.17. The highest BCUT2D eigenvalue weighted by atomic mass is 16.6. The van der Waals surface area contributed by atoms with Crippen molar-refractivity contribution in [3.05, 3.63) is 18.2 Å². The Morgan fingerprint density at radius 2 is 1.89 bits per heavy atom. The van der Waals surface area contributed by atoms with Crippen LogP contribution in [-0.2, 0) is 9.59 Å². The predicted octanol–water partition coefficient (Wildman–Crippen LogP) is 1.14. The molecular formula is C13H15NO5. The third-order valence-electron chi connectivity index (χ3n) is 2.98. The number of aliphatic carboxylic acids is 1. The van der Waals surface area contributed by atoms with Gasteiger partial charge in [0, 0.05) is 18.8 Å². The largest absolute Gasteiger partial charge is 0.486 e. The molecular weight excluding hydrogens is 250 g/mol. The van der Waals surface area contributed by atoms with Crippen LogP contribution < -0.4 is 14.4 Å². The molecule has 6 nitrogen and oxygen atoms in total. The fourth-order valence-electron chi connectivity index (χ4n) is 1.76. The predicted molar refractivity (Wildman–Crippen MR) is 67.6 cm³/mol. The number of rotatable bonds is 3. The van der Waals surface area contributed by atoms with E-state index >= 15 is 0 Å². The van der Waals surface area contributed by atoms with Crippen LogP contribution >= 0.6 is 0 Å². The number of amides is 1. The maximum absolute atomic E-state index is 11.9. The number of ether oxygens (including phenoxy) is 2. The summed E-state index contributed by atoms with van der Waals surface area (Å²) >= 11 is 0. The molecule has 0 spiro atoms. The van der Waals surface area contributed by atoms with E-state index in [0.717, 1.165) is 0 Å². The maximum Gasteiger partial charge on any atom is 0.315 e. The standard InChI is InChI=1S/C13H15NO5/c1-8(13(16)17)12(15)14(2)9-3-4-10-11(7-9)19-6-5-18-10/h3-4,7-8H,5-6H2,1-2H3,(H,16,17). The molecule has 1 amide bonds. The summed E-state index contributed by atoms with van der Waals surface area (Å²) in [5.74, 6) is -1.52. The molecule has 0 aromatic heterocycles. The molecule has 1 aliphatic heterocycles. The van der Waals surface area contributed by atoms with Crippen LogP contribution in [-0.4, -0.2) is 37.2 Å². The summed E-state index contributed by atoms with van der Waals surface area (Å²) in [7, 11) is 1.53. The Hall–Kier alpha value is -2.24. The van der Waals surface area contributed by atoms with Gasteiger partial charge in [0.15, 0.2) is 11.5 Å². The van der Waals surface area contributed by atoms with E-state index < -0.39 is 17.8 Å². The molecule has 1 aliphatic rings. The molecule has 2 rings (SSSR count). The minimum atomic E-state index is -1.14.